The maximum Gasteiger partial charge on any atom is 0.260 e. The van der Waals surface area contributed by atoms with Gasteiger partial charge in [-0.25, -0.2) is 0 Å². The number of fused-ring (bicyclic) bond motifs is 2. The van der Waals surface area contributed by atoms with Crippen molar-refractivity contribution in [3.8, 4) is 5.75 Å². The Morgan fingerprint density at radius 1 is 1.11 bits per heavy atom. The molecule has 0 radical (unpaired) electrons. The van der Waals surface area contributed by atoms with Crippen molar-refractivity contribution < 1.29 is 14.6 Å². The molecule has 0 unspecified atom stereocenters. The number of likely N-dealkylation sites (N-methyl/N-ethyl adjacent to an activating group) is 1. The number of hydrogen-bond acceptors (Lipinski definition) is 4. The number of hydrogen-bond donors (Lipinski definition) is 1. The van der Waals surface area contributed by atoms with E-state index in [0.717, 1.165) is 12.8 Å². The summed E-state index contributed by atoms with van der Waals surface area (Å²) in [7, 11) is 4.03. The predicted octanol–water partition coefficient (Wildman–Crippen LogP) is 2.60. The van der Waals surface area contributed by atoms with Crippen LogP contribution < -0.4 is 4.74 Å². The number of aliphatic hydroxyl groups is 1. The number of piperidine rings is 1. The van der Waals surface area contributed by atoms with E-state index in [9.17, 15) is 9.90 Å². The molecule has 0 bridgehead atoms. The van der Waals surface area contributed by atoms with Gasteiger partial charge in [0.1, 0.15) is 5.75 Å². The van der Waals surface area contributed by atoms with Crippen molar-refractivity contribution in [1.29, 1.82) is 0 Å². The molecule has 5 heteroatoms. The Bertz CT molecular complexity index is 829. The third-order valence-corrected chi connectivity index (χ3v) is 6.35. The number of benzene rings is 2. The average Bonchev–Trinajstić information content (AvgIpc) is 2.96. The van der Waals surface area contributed by atoms with Gasteiger partial charge >= 0.3 is 0 Å². The van der Waals surface area contributed by atoms with Crippen LogP contribution in [0, 0.1) is 0 Å². The van der Waals surface area contributed by atoms with Gasteiger partial charge in [-0.1, -0.05) is 42.5 Å². The van der Waals surface area contributed by atoms with Gasteiger partial charge in [0.25, 0.3) is 5.91 Å². The van der Waals surface area contributed by atoms with Crippen LogP contribution in [0.25, 0.3) is 0 Å². The molecule has 1 fully saturated rings. The summed E-state index contributed by atoms with van der Waals surface area (Å²) in [5, 5.41) is 11.3. The zero-order valence-corrected chi connectivity index (χ0v) is 16.5. The smallest absolute Gasteiger partial charge is 0.260 e. The van der Waals surface area contributed by atoms with Gasteiger partial charge < -0.3 is 19.6 Å². The first-order valence-corrected chi connectivity index (χ1v) is 9.92. The zero-order chi connectivity index (χ0) is 19.7. The molecule has 1 aliphatic heterocycles. The summed E-state index contributed by atoms with van der Waals surface area (Å²) in [4.78, 5) is 16.6. The minimum absolute atomic E-state index is 0.000125. The highest BCUT2D eigenvalue weighted by Crippen LogP contribution is 2.52. The maximum absolute atomic E-state index is 12.6. The van der Waals surface area contributed by atoms with Crippen LogP contribution in [0.5, 0.6) is 5.75 Å². The summed E-state index contributed by atoms with van der Waals surface area (Å²) in [5.74, 6) is 0.710. The van der Waals surface area contributed by atoms with Crippen LogP contribution >= 0.6 is 0 Å². The van der Waals surface area contributed by atoms with Gasteiger partial charge in [0, 0.05) is 18.5 Å². The Morgan fingerprint density at radius 3 is 2.43 bits per heavy atom. The molecule has 28 heavy (non-hydrogen) atoms. The van der Waals surface area contributed by atoms with Crippen LogP contribution in [0.3, 0.4) is 0 Å². The molecule has 1 heterocycles. The standard InChI is InChI=1S/C23H28N2O3/c1-24(2)21-18-10-6-7-11-19(18)23(22(21)27)12-14-25(15-13-23)20(26)16-28-17-8-4-3-5-9-17/h3-11,21-22,27H,12-16H2,1-2H3/t21-,22+/m0/s1. The van der Waals surface area contributed by atoms with Gasteiger partial charge in [-0.15, -0.1) is 0 Å². The first-order valence-electron chi connectivity index (χ1n) is 9.92. The lowest BCUT2D eigenvalue weighted by Gasteiger charge is -2.43. The zero-order valence-electron chi connectivity index (χ0n) is 16.5. The molecule has 1 spiro atoms. The van der Waals surface area contributed by atoms with Gasteiger partial charge in [-0.2, -0.15) is 0 Å². The Labute approximate surface area is 166 Å². The van der Waals surface area contributed by atoms with E-state index in [0.29, 0.717) is 18.8 Å². The molecule has 2 aromatic carbocycles. The Balaban J connectivity index is 1.45. The molecule has 1 N–H and O–H groups in total. The second-order valence-corrected chi connectivity index (χ2v) is 8.08. The molecular weight excluding hydrogens is 352 g/mol. The van der Waals surface area contributed by atoms with Crippen LogP contribution in [-0.4, -0.2) is 60.7 Å². The van der Waals surface area contributed by atoms with Crippen molar-refractivity contribution in [2.24, 2.45) is 0 Å². The molecule has 5 nitrogen and oxygen atoms in total. The minimum atomic E-state index is -0.460. The topological polar surface area (TPSA) is 53.0 Å². The molecule has 2 aromatic rings. The Kier molecular flexibility index (Phi) is 5.13. The highest BCUT2D eigenvalue weighted by molar-refractivity contribution is 5.78. The van der Waals surface area contributed by atoms with Crippen LogP contribution in [0.2, 0.25) is 0 Å². The summed E-state index contributed by atoms with van der Waals surface area (Å²) in [5.41, 5.74) is 2.18. The Morgan fingerprint density at radius 2 is 1.75 bits per heavy atom. The monoisotopic (exact) mass is 380 g/mol. The fourth-order valence-electron chi connectivity index (χ4n) is 4.87. The number of aliphatic hydroxyl groups excluding tert-OH is 1. The molecule has 0 aromatic heterocycles. The van der Waals surface area contributed by atoms with Gasteiger partial charge in [0.2, 0.25) is 0 Å². The quantitative estimate of drug-likeness (QED) is 0.886. The van der Waals surface area contributed by atoms with Crippen molar-refractivity contribution in [2.75, 3.05) is 33.8 Å². The van der Waals surface area contributed by atoms with Crippen molar-refractivity contribution >= 4 is 5.91 Å². The fourth-order valence-corrected chi connectivity index (χ4v) is 4.87. The second kappa shape index (κ2) is 7.57. The second-order valence-electron chi connectivity index (χ2n) is 8.08. The SMILES string of the molecule is CN(C)[C@H]1c2ccccc2C2(CCN(C(=O)COc3ccccc3)CC2)[C@@H]1O. The highest BCUT2D eigenvalue weighted by Gasteiger charge is 2.53. The molecule has 0 saturated carbocycles. The molecular formula is C23H28N2O3. The van der Waals surface area contributed by atoms with E-state index in [-0.39, 0.29) is 24.0 Å². The first kappa shape index (κ1) is 19.0. The fraction of sp³-hybridized carbons (Fsp3) is 0.435. The van der Waals surface area contributed by atoms with Gasteiger partial charge in [0.15, 0.2) is 6.61 Å². The number of carbonyl (C=O) groups excluding carboxylic acids is 1. The Hall–Kier alpha value is -2.37. The normalized spacial score (nSPS) is 23.1. The van der Waals surface area contributed by atoms with Crippen molar-refractivity contribution in [2.45, 2.75) is 30.4 Å². The molecule has 2 atom stereocenters. The van der Waals surface area contributed by atoms with E-state index < -0.39 is 6.10 Å². The van der Waals surface area contributed by atoms with Gasteiger partial charge in [-0.3, -0.25) is 4.79 Å². The number of rotatable bonds is 4. The summed E-state index contributed by atoms with van der Waals surface area (Å²) in [6.45, 7) is 1.33. The van der Waals surface area contributed by atoms with Gasteiger partial charge in [-0.05, 0) is 50.2 Å². The van der Waals surface area contributed by atoms with E-state index in [1.54, 1.807) is 0 Å². The molecule has 2 aliphatic rings. The van der Waals surface area contributed by atoms with Crippen molar-refractivity contribution in [3.05, 3.63) is 65.7 Å². The number of ether oxygens (including phenoxy) is 1. The third-order valence-electron chi connectivity index (χ3n) is 6.35. The molecule has 1 aliphatic carbocycles. The number of para-hydroxylation sites is 1. The molecule has 148 valence electrons. The van der Waals surface area contributed by atoms with Gasteiger partial charge in [0.05, 0.1) is 12.1 Å². The van der Waals surface area contributed by atoms with E-state index in [1.807, 2.05) is 55.4 Å². The lowest BCUT2D eigenvalue weighted by molar-refractivity contribution is -0.136. The summed E-state index contributed by atoms with van der Waals surface area (Å²) < 4.78 is 5.62. The van der Waals surface area contributed by atoms with Crippen LogP contribution in [0.4, 0.5) is 0 Å². The lowest BCUT2D eigenvalue weighted by atomic mass is 9.72. The van der Waals surface area contributed by atoms with E-state index in [2.05, 4.69) is 23.1 Å². The van der Waals surface area contributed by atoms with Crippen LogP contribution in [0.15, 0.2) is 54.6 Å². The summed E-state index contributed by atoms with van der Waals surface area (Å²) in [6.07, 6.45) is 1.08. The molecule has 1 amide bonds. The first-order chi connectivity index (χ1) is 13.5. The third kappa shape index (κ3) is 3.19. The van der Waals surface area contributed by atoms with Crippen LogP contribution in [0.1, 0.15) is 30.0 Å². The number of amides is 1. The molecule has 1 saturated heterocycles. The average molecular weight is 380 g/mol. The van der Waals surface area contributed by atoms with Crippen LogP contribution in [-0.2, 0) is 10.2 Å². The summed E-state index contributed by atoms with van der Waals surface area (Å²) in [6, 6.07) is 17.8. The number of nitrogens with zero attached hydrogens (tertiary/aromatic N) is 2. The number of likely N-dealkylation sites (tertiary alicyclic amines) is 1. The highest BCUT2D eigenvalue weighted by atomic mass is 16.5. The lowest BCUT2D eigenvalue weighted by Crippen LogP contribution is -2.51. The van der Waals surface area contributed by atoms with E-state index in [1.165, 1.54) is 11.1 Å². The largest absolute Gasteiger partial charge is 0.484 e. The number of carbonyl (C=O) groups is 1. The molecule has 4 rings (SSSR count). The van der Waals surface area contributed by atoms with Crippen molar-refractivity contribution in [3.63, 3.8) is 0 Å². The van der Waals surface area contributed by atoms with E-state index >= 15 is 0 Å². The maximum atomic E-state index is 12.6. The van der Waals surface area contributed by atoms with Crippen molar-refractivity contribution in [1.82, 2.24) is 9.80 Å². The predicted molar refractivity (Wildman–Crippen MR) is 108 cm³/mol. The summed E-state index contributed by atoms with van der Waals surface area (Å²) >= 11 is 0. The van der Waals surface area contributed by atoms with E-state index in [4.69, 9.17) is 4.74 Å². The minimum Gasteiger partial charge on any atom is -0.484 e.